The fourth-order valence-corrected chi connectivity index (χ4v) is 1.64. The first-order chi connectivity index (χ1) is 9.95. The van der Waals surface area contributed by atoms with Crippen LogP contribution in [0, 0.1) is 5.82 Å². The number of hydrogen-bond acceptors (Lipinski definition) is 3. The molecule has 0 aliphatic heterocycles. The molecule has 2 rings (SSSR count). The molecule has 1 amide bonds. The van der Waals surface area contributed by atoms with Crippen LogP contribution in [-0.2, 0) is 0 Å². The number of carbonyl (C=O) groups excluding carboxylic acids is 1. The van der Waals surface area contributed by atoms with E-state index in [1.54, 1.807) is 0 Å². The Morgan fingerprint density at radius 2 is 1.95 bits per heavy atom. The molecule has 4 nitrogen and oxygen atoms in total. The van der Waals surface area contributed by atoms with E-state index >= 15 is 0 Å². The quantitative estimate of drug-likeness (QED) is 0.851. The number of anilines is 2. The van der Waals surface area contributed by atoms with Gasteiger partial charge >= 0.3 is 6.61 Å². The molecule has 0 fully saturated rings. The Morgan fingerprint density at radius 1 is 1.19 bits per heavy atom. The molecular formula is C14H11F3N2O2. The number of nitrogens with two attached hydrogens (primary N) is 1. The zero-order valence-electron chi connectivity index (χ0n) is 10.6. The van der Waals surface area contributed by atoms with Gasteiger partial charge in [-0.25, -0.2) is 4.39 Å². The molecule has 2 aromatic carbocycles. The monoisotopic (exact) mass is 296 g/mol. The van der Waals surface area contributed by atoms with Crippen molar-refractivity contribution < 1.29 is 22.7 Å². The lowest BCUT2D eigenvalue weighted by molar-refractivity contribution is -0.0498. The number of amides is 1. The van der Waals surface area contributed by atoms with E-state index in [1.165, 1.54) is 24.3 Å². The van der Waals surface area contributed by atoms with E-state index in [1.807, 2.05) is 0 Å². The van der Waals surface area contributed by atoms with E-state index in [-0.39, 0.29) is 22.7 Å². The number of benzene rings is 2. The Balaban J connectivity index is 2.18. The highest BCUT2D eigenvalue weighted by Crippen LogP contribution is 2.21. The van der Waals surface area contributed by atoms with E-state index < -0.39 is 18.3 Å². The molecule has 3 N–H and O–H groups in total. The summed E-state index contributed by atoms with van der Waals surface area (Å²) in [6.07, 6.45) is 0. The Hall–Kier alpha value is -2.70. The molecule has 0 saturated heterocycles. The highest BCUT2D eigenvalue weighted by atomic mass is 19.3. The van der Waals surface area contributed by atoms with E-state index in [2.05, 4.69) is 10.1 Å². The van der Waals surface area contributed by atoms with Crippen molar-refractivity contribution in [1.82, 2.24) is 0 Å². The Labute approximate surface area is 118 Å². The van der Waals surface area contributed by atoms with Gasteiger partial charge in [0.2, 0.25) is 0 Å². The van der Waals surface area contributed by atoms with Crippen LogP contribution in [0.4, 0.5) is 24.5 Å². The summed E-state index contributed by atoms with van der Waals surface area (Å²) < 4.78 is 41.5. The van der Waals surface area contributed by atoms with Crippen molar-refractivity contribution in [2.24, 2.45) is 0 Å². The maximum absolute atomic E-state index is 13.1. The van der Waals surface area contributed by atoms with Crippen LogP contribution in [0.5, 0.6) is 5.75 Å². The van der Waals surface area contributed by atoms with Crippen molar-refractivity contribution in [2.45, 2.75) is 6.61 Å². The third kappa shape index (κ3) is 3.88. The van der Waals surface area contributed by atoms with Crippen LogP contribution in [0.1, 0.15) is 10.4 Å². The molecule has 7 heteroatoms. The predicted molar refractivity (Wildman–Crippen MR) is 71.8 cm³/mol. The highest BCUT2D eigenvalue weighted by Gasteiger charge is 2.11. The molecule has 110 valence electrons. The third-order valence-electron chi connectivity index (χ3n) is 2.58. The van der Waals surface area contributed by atoms with Gasteiger partial charge in [-0.3, -0.25) is 4.79 Å². The third-order valence-corrected chi connectivity index (χ3v) is 2.58. The molecule has 0 saturated carbocycles. The number of ether oxygens (including phenoxy) is 1. The predicted octanol–water partition coefficient (Wildman–Crippen LogP) is 3.26. The first kappa shape index (κ1) is 14.7. The van der Waals surface area contributed by atoms with Crippen LogP contribution in [0.15, 0.2) is 42.5 Å². The number of alkyl halides is 2. The molecule has 0 heterocycles. The van der Waals surface area contributed by atoms with Gasteiger partial charge in [0.05, 0.1) is 11.4 Å². The largest absolute Gasteiger partial charge is 0.435 e. The number of nitrogens with one attached hydrogen (secondary N) is 1. The summed E-state index contributed by atoms with van der Waals surface area (Å²) >= 11 is 0. The zero-order valence-corrected chi connectivity index (χ0v) is 10.6. The van der Waals surface area contributed by atoms with Crippen LogP contribution in [0.3, 0.4) is 0 Å². The Bertz CT molecular complexity index is 662. The summed E-state index contributed by atoms with van der Waals surface area (Å²) in [5, 5.41) is 2.40. The molecule has 21 heavy (non-hydrogen) atoms. The molecule has 0 atom stereocenters. The standard InChI is InChI=1S/C14H11F3N2O2/c15-9-4-5-11(18)12(7-9)19-13(20)8-2-1-3-10(6-8)21-14(16)17/h1-7,14H,18H2,(H,19,20). The second-order valence-corrected chi connectivity index (χ2v) is 4.09. The lowest BCUT2D eigenvalue weighted by Gasteiger charge is -2.09. The van der Waals surface area contributed by atoms with Gasteiger partial charge in [0.1, 0.15) is 11.6 Å². The molecule has 2 aromatic rings. The number of halogens is 3. The smallest absolute Gasteiger partial charge is 0.387 e. The Morgan fingerprint density at radius 3 is 2.67 bits per heavy atom. The topological polar surface area (TPSA) is 64.3 Å². The van der Waals surface area contributed by atoms with E-state index in [4.69, 9.17) is 5.73 Å². The summed E-state index contributed by atoms with van der Waals surface area (Å²) in [7, 11) is 0. The van der Waals surface area contributed by atoms with Gasteiger partial charge in [-0.15, -0.1) is 0 Å². The maximum atomic E-state index is 13.1. The summed E-state index contributed by atoms with van der Waals surface area (Å²) in [5.41, 5.74) is 5.97. The molecule has 0 spiro atoms. The molecule has 0 radical (unpaired) electrons. The summed E-state index contributed by atoms with van der Waals surface area (Å²) in [6.45, 7) is -2.98. The second kappa shape index (κ2) is 6.17. The fourth-order valence-electron chi connectivity index (χ4n) is 1.64. The normalized spacial score (nSPS) is 10.5. The van der Waals surface area contributed by atoms with Crippen LogP contribution < -0.4 is 15.8 Å². The summed E-state index contributed by atoms with van der Waals surface area (Å²) in [6, 6.07) is 8.76. The van der Waals surface area contributed by atoms with E-state index in [0.717, 1.165) is 18.2 Å². The van der Waals surface area contributed by atoms with Crippen molar-refractivity contribution in [3.8, 4) is 5.75 Å². The number of hydrogen-bond donors (Lipinski definition) is 2. The molecule has 0 unspecified atom stereocenters. The highest BCUT2D eigenvalue weighted by molar-refractivity contribution is 6.05. The van der Waals surface area contributed by atoms with Crippen molar-refractivity contribution in [3.63, 3.8) is 0 Å². The van der Waals surface area contributed by atoms with Gasteiger partial charge in [0.15, 0.2) is 0 Å². The molecule has 0 bridgehead atoms. The molecule has 0 aliphatic carbocycles. The lowest BCUT2D eigenvalue weighted by Crippen LogP contribution is -2.13. The van der Waals surface area contributed by atoms with Crippen LogP contribution in [0.2, 0.25) is 0 Å². The van der Waals surface area contributed by atoms with Crippen LogP contribution >= 0.6 is 0 Å². The first-order valence-corrected chi connectivity index (χ1v) is 5.87. The second-order valence-electron chi connectivity index (χ2n) is 4.09. The van der Waals surface area contributed by atoms with Gasteiger partial charge in [-0.05, 0) is 36.4 Å². The summed E-state index contributed by atoms with van der Waals surface area (Å²) in [5.74, 6) is -1.33. The maximum Gasteiger partial charge on any atom is 0.387 e. The minimum atomic E-state index is -2.98. The number of rotatable bonds is 4. The van der Waals surface area contributed by atoms with Crippen LogP contribution in [-0.4, -0.2) is 12.5 Å². The summed E-state index contributed by atoms with van der Waals surface area (Å²) in [4.78, 5) is 12.0. The first-order valence-electron chi connectivity index (χ1n) is 5.87. The fraction of sp³-hybridized carbons (Fsp3) is 0.0714. The van der Waals surface area contributed by atoms with Crippen LogP contribution in [0.25, 0.3) is 0 Å². The minimum absolute atomic E-state index is 0.0804. The van der Waals surface area contributed by atoms with Gasteiger partial charge in [0, 0.05) is 5.56 Å². The van der Waals surface area contributed by atoms with E-state index in [9.17, 15) is 18.0 Å². The van der Waals surface area contributed by atoms with E-state index in [0.29, 0.717) is 0 Å². The van der Waals surface area contributed by atoms with Crippen molar-refractivity contribution in [3.05, 3.63) is 53.8 Å². The average molecular weight is 296 g/mol. The van der Waals surface area contributed by atoms with Gasteiger partial charge in [-0.2, -0.15) is 8.78 Å². The molecular weight excluding hydrogens is 285 g/mol. The number of carbonyl (C=O) groups is 1. The minimum Gasteiger partial charge on any atom is -0.435 e. The van der Waals surface area contributed by atoms with Gasteiger partial charge in [-0.1, -0.05) is 6.07 Å². The lowest BCUT2D eigenvalue weighted by atomic mass is 10.2. The SMILES string of the molecule is Nc1ccc(F)cc1NC(=O)c1cccc(OC(F)F)c1. The van der Waals surface area contributed by atoms with Gasteiger partial charge < -0.3 is 15.8 Å². The average Bonchev–Trinajstić information content (AvgIpc) is 2.42. The molecule has 0 aromatic heterocycles. The van der Waals surface area contributed by atoms with Crippen molar-refractivity contribution >= 4 is 17.3 Å². The molecule has 0 aliphatic rings. The van der Waals surface area contributed by atoms with Crippen molar-refractivity contribution in [1.29, 1.82) is 0 Å². The van der Waals surface area contributed by atoms with Gasteiger partial charge in [0.25, 0.3) is 5.91 Å². The van der Waals surface area contributed by atoms with Crippen molar-refractivity contribution in [2.75, 3.05) is 11.1 Å². The Kier molecular flexibility index (Phi) is 4.32. The zero-order chi connectivity index (χ0) is 15.4. The number of nitrogen functional groups attached to an aromatic ring is 1.